The first-order valence-corrected chi connectivity index (χ1v) is 9.16. The Hall–Kier alpha value is -2.35. The second kappa shape index (κ2) is 8.57. The Bertz CT molecular complexity index is 1160. The molecule has 0 amide bonds. The summed E-state index contributed by atoms with van der Waals surface area (Å²) in [6.07, 6.45) is 4.05. The zero-order valence-corrected chi connectivity index (χ0v) is 17.4. The van der Waals surface area contributed by atoms with E-state index < -0.39 is 0 Å². The number of nitrogens with one attached hydrogen (secondary N) is 1. The number of halogens is 3. The molecule has 0 bridgehead atoms. The Balaban J connectivity index is 0.00000120. The van der Waals surface area contributed by atoms with Crippen molar-refractivity contribution in [3.8, 4) is 11.4 Å². The molecule has 2 aromatic carbocycles. The van der Waals surface area contributed by atoms with E-state index in [9.17, 15) is 4.39 Å². The van der Waals surface area contributed by atoms with Crippen molar-refractivity contribution in [1.82, 2.24) is 30.3 Å². The van der Waals surface area contributed by atoms with Crippen molar-refractivity contribution in [2.45, 2.75) is 18.8 Å². The molecule has 1 N–H and O–H groups in total. The monoisotopic (exact) mass is 434 g/mol. The smallest absolute Gasteiger partial charge is 0.182 e. The molecule has 2 aromatic heterocycles. The van der Waals surface area contributed by atoms with E-state index in [1.165, 1.54) is 11.6 Å². The Morgan fingerprint density at radius 3 is 2.62 bits per heavy atom. The normalized spacial score (nSPS) is 14.6. The lowest BCUT2D eigenvalue weighted by atomic mass is 9.90. The minimum absolute atomic E-state index is 0. The Morgan fingerprint density at radius 1 is 1.03 bits per heavy atom. The molecule has 1 fully saturated rings. The van der Waals surface area contributed by atoms with Crippen LogP contribution in [0.5, 0.6) is 0 Å². The predicted octanol–water partition coefficient (Wildman–Crippen LogP) is 4.03. The zero-order chi connectivity index (χ0) is 18.4. The van der Waals surface area contributed by atoms with Gasteiger partial charge in [-0.15, -0.1) is 35.0 Å². The van der Waals surface area contributed by atoms with Gasteiger partial charge in [0.25, 0.3) is 0 Å². The van der Waals surface area contributed by atoms with Crippen LogP contribution in [0.25, 0.3) is 33.3 Å². The topological polar surface area (TPSA) is 68.5 Å². The molecule has 0 saturated carbocycles. The third kappa shape index (κ3) is 4.03. The van der Waals surface area contributed by atoms with Gasteiger partial charge in [-0.05, 0) is 61.7 Å². The number of hydrogen-bond acceptors (Lipinski definition) is 5. The van der Waals surface area contributed by atoms with Crippen LogP contribution in [0.4, 0.5) is 4.39 Å². The van der Waals surface area contributed by atoms with Gasteiger partial charge in [-0.3, -0.25) is 4.68 Å². The second-order valence-electron chi connectivity index (χ2n) is 7.11. The Kier molecular flexibility index (Phi) is 6.31. The van der Waals surface area contributed by atoms with Gasteiger partial charge in [-0.2, -0.15) is 5.10 Å². The molecule has 1 aliphatic heterocycles. The minimum atomic E-state index is -0.381. The van der Waals surface area contributed by atoms with E-state index in [-0.39, 0.29) is 30.6 Å². The Morgan fingerprint density at radius 2 is 1.83 bits per heavy atom. The summed E-state index contributed by atoms with van der Waals surface area (Å²) < 4.78 is 16.0. The van der Waals surface area contributed by atoms with Gasteiger partial charge in [0.1, 0.15) is 11.0 Å². The number of aryl methyl sites for hydroxylation is 1. The van der Waals surface area contributed by atoms with Crippen molar-refractivity contribution >= 4 is 46.8 Å². The molecular weight excluding hydrogens is 414 g/mol. The average Bonchev–Trinajstić information content (AvgIpc) is 3.09. The number of nitrogens with zero attached hydrogens (tertiary/aromatic N) is 5. The molecule has 0 atom stereocenters. The van der Waals surface area contributed by atoms with E-state index in [0.717, 1.165) is 42.4 Å². The summed E-state index contributed by atoms with van der Waals surface area (Å²) in [6.45, 7) is 2.10. The molecule has 6 nitrogen and oxygen atoms in total. The van der Waals surface area contributed by atoms with Gasteiger partial charge in [0.2, 0.25) is 0 Å². The number of benzene rings is 2. The lowest BCUT2D eigenvalue weighted by molar-refractivity contribution is 0.460. The largest absolute Gasteiger partial charge is 0.317 e. The van der Waals surface area contributed by atoms with Gasteiger partial charge in [0.15, 0.2) is 11.6 Å². The second-order valence-corrected chi connectivity index (χ2v) is 7.11. The van der Waals surface area contributed by atoms with Crippen LogP contribution in [0, 0.1) is 5.82 Å². The highest BCUT2D eigenvalue weighted by Gasteiger charge is 2.16. The van der Waals surface area contributed by atoms with Crippen molar-refractivity contribution in [2.75, 3.05) is 13.1 Å². The van der Waals surface area contributed by atoms with Crippen LogP contribution in [-0.4, -0.2) is 38.1 Å². The van der Waals surface area contributed by atoms with Gasteiger partial charge in [-0.1, -0.05) is 6.07 Å². The third-order valence-electron chi connectivity index (χ3n) is 5.22. The highest BCUT2D eigenvalue weighted by molar-refractivity contribution is 5.86. The van der Waals surface area contributed by atoms with Crippen LogP contribution in [0.3, 0.4) is 0 Å². The van der Waals surface area contributed by atoms with E-state index in [1.54, 1.807) is 17.9 Å². The van der Waals surface area contributed by atoms with Gasteiger partial charge in [-0.25, -0.2) is 9.37 Å². The first-order valence-electron chi connectivity index (χ1n) is 9.16. The molecule has 0 radical (unpaired) electrons. The van der Waals surface area contributed by atoms with Crippen LogP contribution >= 0.6 is 24.8 Å². The molecule has 0 unspecified atom stereocenters. The molecule has 1 saturated heterocycles. The maximum absolute atomic E-state index is 14.4. The molecule has 1 aliphatic rings. The van der Waals surface area contributed by atoms with Crippen LogP contribution < -0.4 is 5.32 Å². The summed E-state index contributed by atoms with van der Waals surface area (Å²) in [5.74, 6) is 0.592. The quantitative estimate of drug-likeness (QED) is 0.515. The first-order chi connectivity index (χ1) is 13.2. The van der Waals surface area contributed by atoms with Crippen LogP contribution in [0.2, 0.25) is 0 Å². The number of aromatic nitrogens is 5. The van der Waals surface area contributed by atoms with Crippen LogP contribution in [0.1, 0.15) is 24.3 Å². The molecule has 3 heterocycles. The average molecular weight is 435 g/mol. The maximum atomic E-state index is 14.4. The van der Waals surface area contributed by atoms with Crippen LogP contribution in [-0.2, 0) is 7.05 Å². The molecule has 0 aliphatic carbocycles. The highest BCUT2D eigenvalue weighted by Crippen LogP contribution is 2.28. The fourth-order valence-corrected chi connectivity index (χ4v) is 3.83. The molecule has 0 spiro atoms. The minimum Gasteiger partial charge on any atom is -0.317 e. The van der Waals surface area contributed by atoms with Gasteiger partial charge < -0.3 is 5.32 Å². The molecule has 9 heteroatoms. The summed E-state index contributed by atoms with van der Waals surface area (Å²) in [6, 6.07) is 9.46. The summed E-state index contributed by atoms with van der Waals surface area (Å²) in [7, 11) is 1.77. The van der Waals surface area contributed by atoms with Gasteiger partial charge in [0.05, 0.1) is 5.52 Å². The van der Waals surface area contributed by atoms with Crippen molar-refractivity contribution in [3.05, 3.63) is 47.9 Å². The standard InChI is InChI=1S/C20H19FN6.2ClH/c1-27-11-15-8-14(9-16(21)19(15)26-27)20-23-17-3-2-13(10-18(17)24-25-20)12-4-6-22-7-5-12;;/h2-3,8-12,22H,4-7H2,1H3;2*1H. The third-order valence-corrected chi connectivity index (χ3v) is 5.22. The maximum Gasteiger partial charge on any atom is 0.182 e. The Labute approximate surface area is 179 Å². The highest BCUT2D eigenvalue weighted by atomic mass is 35.5. The van der Waals surface area contributed by atoms with E-state index in [2.05, 4.69) is 37.7 Å². The molecular formula is C20H21Cl2FN6. The first kappa shape index (κ1) is 21.4. The summed E-state index contributed by atoms with van der Waals surface area (Å²) in [5, 5.41) is 16.8. The summed E-state index contributed by atoms with van der Waals surface area (Å²) in [5.41, 5.74) is 3.78. The van der Waals surface area contributed by atoms with Crippen molar-refractivity contribution in [1.29, 1.82) is 0 Å². The van der Waals surface area contributed by atoms with Crippen molar-refractivity contribution in [2.24, 2.45) is 7.05 Å². The van der Waals surface area contributed by atoms with Crippen molar-refractivity contribution < 1.29 is 4.39 Å². The summed E-state index contributed by atoms with van der Waals surface area (Å²) in [4.78, 5) is 4.61. The predicted molar refractivity (Wildman–Crippen MR) is 116 cm³/mol. The molecule has 4 aromatic rings. The fraction of sp³-hybridized carbons (Fsp3) is 0.300. The number of piperidine rings is 1. The van der Waals surface area contributed by atoms with Crippen molar-refractivity contribution in [3.63, 3.8) is 0 Å². The molecule has 5 rings (SSSR count). The van der Waals surface area contributed by atoms with Gasteiger partial charge in [0, 0.05) is 24.2 Å². The fourth-order valence-electron chi connectivity index (χ4n) is 3.83. The molecule has 29 heavy (non-hydrogen) atoms. The van der Waals surface area contributed by atoms with Gasteiger partial charge >= 0.3 is 0 Å². The van der Waals surface area contributed by atoms with E-state index in [1.807, 2.05) is 12.1 Å². The van der Waals surface area contributed by atoms with E-state index in [0.29, 0.717) is 22.8 Å². The zero-order valence-electron chi connectivity index (χ0n) is 15.8. The number of fused-ring (bicyclic) bond motifs is 2. The number of rotatable bonds is 2. The van der Waals surface area contributed by atoms with E-state index in [4.69, 9.17) is 0 Å². The lowest BCUT2D eigenvalue weighted by Gasteiger charge is -2.23. The number of hydrogen-bond donors (Lipinski definition) is 1. The lowest BCUT2D eigenvalue weighted by Crippen LogP contribution is -2.26. The molecule has 152 valence electrons. The summed E-state index contributed by atoms with van der Waals surface area (Å²) >= 11 is 0. The van der Waals surface area contributed by atoms with Crippen LogP contribution in [0.15, 0.2) is 36.5 Å². The SMILES string of the molecule is Cl.Cl.Cn1cc2cc(-c3nnc4cc(C5CCNCC5)ccc4n3)cc(F)c2n1. The van der Waals surface area contributed by atoms with E-state index >= 15 is 0 Å².